The van der Waals surface area contributed by atoms with E-state index < -0.39 is 0 Å². The number of nitrogens with zero attached hydrogens (tertiary/aromatic N) is 4. The van der Waals surface area contributed by atoms with Gasteiger partial charge >= 0.3 is 0 Å². The molecule has 0 spiro atoms. The van der Waals surface area contributed by atoms with Gasteiger partial charge in [0.1, 0.15) is 0 Å². The molecule has 4 rings (SSSR count). The Morgan fingerprint density at radius 1 is 0.926 bits per heavy atom. The summed E-state index contributed by atoms with van der Waals surface area (Å²) < 4.78 is 1.85. The van der Waals surface area contributed by atoms with Crippen LogP contribution in [0.2, 0.25) is 0 Å². The Morgan fingerprint density at radius 3 is 2.48 bits per heavy atom. The van der Waals surface area contributed by atoms with E-state index in [1.54, 1.807) is 0 Å². The summed E-state index contributed by atoms with van der Waals surface area (Å²) in [5.74, 6) is 0. The number of aromatic nitrogens is 2. The highest BCUT2D eigenvalue weighted by Crippen LogP contribution is 2.20. The molecule has 0 unspecified atom stereocenters. The molecule has 1 fully saturated rings. The normalized spacial score (nSPS) is 15.4. The van der Waals surface area contributed by atoms with Crippen LogP contribution in [-0.4, -0.2) is 47.2 Å². The van der Waals surface area contributed by atoms with Crippen molar-refractivity contribution >= 4 is 16.7 Å². The molecule has 0 atom stereocenters. The number of anilines is 1. The zero-order chi connectivity index (χ0) is 18.6. The van der Waals surface area contributed by atoms with Crippen LogP contribution in [0.3, 0.4) is 0 Å². The topological polar surface area (TPSA) is 41.4 Å². The fraction of sp³-hybridized carbons (Fsp3) is 0.364. The van der Waals surface area contributed by atoms with Gasteiger partial charge in [-0.15, -0.1) is 0 Å². The van der Waals surface area contributed by atoms with E-state index in [2.05, 4.69) is 46.0 Å². The lowest BCUT2D eigenvalue weighted by atomic mass is 10.1. The van der Waals surface area contributed by atoms with Crippen molar-refractivity contribution < 1.29 is 0 Å². The second-order valence-corrected chi connectivity index (χ2v) is 7.21. The maximum Gasteiger partial charge on any atom is 0.269 e. The first-order valence-corrected chi connectivity index (χ1v) is 9.70. The molecule has 2 heterocycles. The van der Waals surface area contributed by atoms with Crippen LogP contribution in [0.15, 0.2) is 59.5 Å². The standard InChI is InChI=1S/C22H26N4O/c1-18-7-2-4-9-20(18)25-15-13-24(14-16-25)11-6-12-26-21-10-5-3-8-19(21)23-17-22(26)27/h2-5,7-10,17H,6,11-16H2,1H3. The molecule has 0 aliphatic carbocycles. The summed E-state index contributed by atoms with van der Waals surface area (Å²) in [4.78, 5) is 21.4. The molecule has 0 amide bonds. The quantitative estimate of drug-likeness (QED) is 0.700. The number of aryl methyl sites for hydroxylation is 2. The maximum absolute atomic E-state index is 12.2. The Labute approximate surface area is 159 Å². The molecule has 1 saturated heterocycles. The van der Waals surface area contributed by atoms with Gasteiger partial charge in [0.2, 0.25) is 0 Å². The van der Waals surface area contributed by atoms with E-state index in [1.165, 1.54) is 17.4 Å². The SMILES string of the molecule is Cc1ccccc1N1CCN(CCCn2c(=O)cnc3ccccc32)CC1. The summed E-state index contributed by atoms with van der Waals surface area (Å²) in [5, 5.41) is 0. The predicted octanol–water partition coefficient (Wildman–Crippen LogP) is 2.92. The third-order valence-corrected chi connectivity index (χ3v) is 5.44. The number of para-hydroxylation sites is 3. The van der Waals surface area contributed by atoms with Crippen LogP contribution in [0.5, 0.6) is 0 Å². The van der Waals surface area contributed by atoms with E-state index in [0.717, 1.165) is 56.7 Å². The van der Waals surface area contributed by atoms with Gasteiger partial charge < -0.3 is 9.47 Å². The third kappa shape index (κ3) is 3.88. The lowest BCUT2D eigenvalue weighted by Crippen LogP contribution is -2.47. The van der Waals surface area contributed by atoms with Gasteiger partial charge in [-0.3, -0.25) is 9.69 Å². The van der Waals surface area contributed by atoms with E-state index in [0.29, 0.717) is 0 Å². The second kappa shape index (κ2) is 7.92. The first kappa shape index (κ1) is 17.7. The first-order chi connectivity index (χ1) is 13.2. The molecule has 0 bridgehead atoms. The van der Waals surface area contributed by atoms with Crippen LogP contribution in [0.1, 0.15) is 12.0 Å². The van der Waals surface area contributed by atoms with E-state index in [-0.39, 0.29) is 5.56 Å². The smallest absolute Gasteiger partial charge is 0.269 e. The third-order valence-electron chi connectivity index (χ3n) is 5.44. The van der Waals surface area contributed by atoms with Crippen LogP contribution in [0.25, 0.3) is 11.0 Å². The van der Waals surface area contributed by atoms with Gasteiger partial charge in [0, 0.05) is 38.4 Å². The number of hydrogen-bond acceptors (Lipinski definition) is 4. The molecular formula is C22H26N4O. The molecule has 0 N–H and O–H groups in total. The number of fused-ring (bicyclic) bond motifs is 1. The molecule has 1 aliphatic heterocycles. The summed E-state index contributed by atoms with van der Waals surface area (Å²) >= 11 is 0. The molecular weight excluding hydrogens is 336 g/mol. The monoisotopic (exact) mass is 362 g/mol. The number of hydrogen-bond donors (Lipinski definition) is 0. The van der Waals surface area contributed by atoms with Gasteiger partial charge in [-0.05, 0) is 43.7 Å². The van der Waals surface area contributed by atoms with E-state index in [4.69, 9.17) is 0 Å². The van der Waals surface area contributed by atoms with Crippen molar-refractivity contribution in [3.8, 4) is 0 Å². The van der Waals surface area contributed by atoms with Crippen molar-refractivity contribution in [1.82, 2.24) is 14.5 Å². The fourth-order valence-corrected chi connectivity index (χ4v) is 3.93. The molecule has 5 heteroatoms. The Balaban J connectivity index is 1.33. The average Bonchev–Trinajstić information content (AvgIpc) is 2.71. The predicted molar refractivity (Wildman–Crippen MR) is 110 cm³/mol. The van der Waals surface area contributed by atoms with Crippen molar-refractivity contribution in [2.75, 3.05) is 37.6 Å². The van der Waals surface area contributed by atoms with Crippen molar-refractivity contribution in [3.05, 3.63) is 70.6 Å². The molecule has 5 nitrogen and oxygen atoms in total. The molecule has 1 aliphatic rings. The van der Waals surface area contributed by atoms with Crippen molar-refractivity contribution in [2.24, 2.45) is 0 Å². The highest BCUT2D eigenvalue weighted by atomic mass is 16.1. The summed E-state index contributed by atoms with van der Waals surface area (Å²) in [6, 6.07) is 16.5. The molecule has 0 radical (unpaired) electrons. The number of rotatable bonds is 5. The molecule has 2 aromatic carbocycles. The minimum atomic E-state index is -0.0157. The maximum atomic E-state index is 12.2. The largest absolute Gasteiger partial charge is 0.369 e. The number of piperazine rings is 1. The molecule has 3 aromatic rings. The van der Waals surface area contributed by atoms with Gasteiger partial charge in [-0.25, -0.2) is 4.98 Å². The zero-order valence-electron chi connectivity index (χ0n) is 15.8. The van der Waals surface area contributed by atoms with Crippen molar-refractivity contribution in [2.45, 2.75) is 19.9 Å². The Hall–Kier alpha value is -2.66. The molecule has 27 heavy (non-hydrogen) atoms. The second-order valence-electron chi connectivity index (χ2n) is 7.21. The minimum absolute atomic E-state index is 0.0157. The molecule has 0 saturated carbocycles. The minimum Gasteiger partial charge on any atom is -0.369 e. The van der Waals surface area contributed by atoms with E-state index >= 15 is 0 Å². The lowest BCUT2D eigenvalue weighted by Gasteiger charge is -2.36. The molecule has 140 valence electrons. The highest BCUT2D eigenvalue weighted by Gasteiger charge is 2.17. The van der Waals surface area contributed by atoms with Crippen LogP contribution >= 0.6 is 0 Å². The summed E-state index contributed by atoms with van der Waals surface area (Å²) in [6.07, 6.45) is 2.40. The van der Waals surface area contributed by atoms with Gasteiger partial charge in [0.25, 0.3) is 5.56 Å². The Morgan fingerprint density at radius 2 is 1.67 bits per heavy atom. The Kier molecular flexibility index (Phi) is 5.21. The first-order valence-electron chi connectivity index (χ1n) is 9.70. The van der Waals surface area contributed by atoms with Crippen LogP contribution in [0, 0.1) is 6.92 Å². The van der Waals surface area contributed by atoms with Crippen molar-refractivity contribution in [1.29, 1.82) is 0 Å². The fourth-order valence-electron chi connectivity index (χ4n) is 3.93. The van der Waals surface area contributed by atoms with Crippen LogP contribution in [0.4, 0.5) is 5.69 Å². The zero-order valence-corrected chi connectivity index (χ0v) is 15.8. The van der Waals surface area contributed by atoms with Crippen LogP contribution < -0.4 is 10.5 Å². The number of benzene rings is 2. The highest BCUT2D eigenvalue weighted by molar-refractivity contribution is 5.74. The molecule has 1 aromatic heterocycles. The van der Waals surface area contributed by atoms with Gasteiger partial charge in [-0.2, -0.15) is 0 Å². The van der Waals surface area contributed by atoms with E-state index in [1.807, 2.05) is 28.8 Å². The Bertz CT molecular complexity index is 973. The van der Waals surface area contributed by atoms with E-state index in [9.17, 15) is 4.79 Å². The average molecular weight is 362 g/mol. The van der Waals surface area contributed by atoms with Gasteiger partial charge in [0.05, 0.1) is 17.2 Å². The summed E-state index contributed by atoms with van der Waals surface area (Å²) in [7, 11) is 0. The van der Waals surface area contributed by atoms with Gasteiger partial charge in [0.15, 0.2) is 0 Å². The van der Waals surface area contributed by atoms with Crippen molar-refractivity contribution in [3.63, 3.8) is 0 Å². The summed E-state index contributed by atoms with van der Waals surface area (Å²) in [6.45, 7) is 8.19. The van der Waals surface area contributed by atoms with Gasteiger partial charge in [-0.1, -0.05) is 30.3 Å². The summed E-state index contributed by atoms with van der Waals surface area (Å²) in [5.41, 5.74) is 4.48. The van der Waals surface area contributed by atoms with Crippen LogP contribution in [-0.2, 0) is 6.54 Å². The lowest BCUT2D eigenvalue weighted by molar-refractivity contribution is 0.250.